The first-order chi connectivity index (χ1) is 9.74. The lowest BCUT2D eigenvalue weighted by molar-refractivity contribution is -0.122. The minimum atomic E-state index is 0.00805. The van der Waals surface area contributed by atoms with E-state index in [-0.39, 0.29) is 17.5 Å². The quantitative estimate of drug-likeness (QED) is 0.907. The number of nitrogens with one attached hydrogen (secondary N) is 1. The van der Waals surface area contributed by atoms with Gasteiger partial charge in [-0.15, -0.1) is 0 Å². The van der Waals surface area contributed by atoms with E-state index in [9.17, 15) is 4.79 Å². The third kappa shape index (κ3) is 1.36. The van der Waals surface area contributed by atoms with Crippen LogP contribution in [0.5, 0.6) is 0 Å². The zero-order valence-corrected chi connectivity index (χ0v) is 11.5. The fourth-order valence-corrected chi connectivity index (χ4v) is 3.68. The van der Waals surface area contributed by atoms with Crippen molar-refractivity contribution in [1.29, 1.82) is 0 Å². The number of amides is 1. The smallest absolute Gasteiger partial charge is 0.219 e. The molecule has 0 saturated heterocycles. The number of carbonyl (C=O) groups excluding carboxylic acids is 1. The molecule has 1 spiro atoms. The highest BCUT2D eigenvalue weighted by atomic mass is 16.1. The summed E-state index contributed by atoms with van der Waals surface area (Å²) in [6.45, 7) is 1.89. The zero-order valence-electron chi connectivity index (χ0n) is 11.5. The van der Waals surface area contributed by atoms with Crippen LogP contribution in [0.1, 0.15) is 31.7 Å². The highest BCUT2D eigenvalue weighted by Crippen LogP contribution is 2.54. The molecule has 20 heavy (non-hydrogen) atoms. The molecular formula is C16H17N3O. The minimum absolute atomic E-state index is 0.00805. The van der Waals surface area contributed by atoms with E-state index in [1.54, 1.807) is 0 Å². The van der Waals surface area contributed by atoms with Crippen molar-refractivity contribution in [2.45, 2.75) is 37.8 Å². The van der Waals surface area contributed by atoms with Gasteiger partial charge in [0.15, 0.2) is 0 Å². The average Bonchev–Trinajstić information content (AvgIpc) is 2.99. The monoisotopic (exact) mass is 267 g/mol. The first-order valence-corrected chi connectivity index (χ1v) is 7.16. The molecule has 1 fully saturated rings. The highest BCUT2D eigenvalue weighted by Gasteiger charge is 2.52. The van der Waals surface area contributed by atoms with Gasteiger partial charge in [0.1, 0.15) is 0 Å². The molecule has 102 valence electrons. The van der Waals surface area contributed by atoms with E-state index in [1.807, 2.05) is 19.4 Å². The van der Waals surface area contributed by atoms with Gasteiger partial charge in [0.25, 0.3) is 0 Å². The van der Waals surface area contributed by atoms with Gasteiger partial charge in [0, 0.05) is 18.0 Å². The highest BCUT2D eigenvalue weighted by molar-refractivity contribution is 5.76. The minimum Gasteiger partial charge on any atom is -0.353 e. The summed E-state index contributed by atoms with van der Waals surface area (Å²) in [4.78, 5) is 15.8. The first kappa shape index (κ1) is 11.7. The predicted octanol–water partition coefficient (Wildman–Crippen LogP) is 2.30. The van der Waals surface area contributed by atoms with Crippen molar-refractivity contribution in [3.63, 3.8) is 0 Å². The number of rotatable bonds is 2. The molecule has 4 nitrogen and oxygen atoms in total. The Labute approximate surface area is 117 Å². The third-order valence-corrected chi connectivity index (χ3v) is 4.66. The summed E-state index contributed by atoms with van der Waals surface area (Å²) < 4.78 is 2.28. The molecule has 0 unspecified atom stereocenters. The molecule has 1 saturated carbocycles. The molecule has 1 aliphatic heterocycles. The summed E-state index contributed by atoms with van der Waals surface area (Å²) in [6, 6.07) is 8.82. The van der Waals surface area contributed by atoms with Crippen molar-refractivity contribution in [2.24, 2.45) is 0 Å². The fraction of sp³-hybridized carbons (Fsp3) is 0.375. The van der Waals surface area contributed by atoms with Crippen molar-refractivity contribution < 1.29 is 4.79 Å². The van der Waals surface area contributed by atoms with E-state index >= 15 is 0 Å². The predicted molar refractivity (Wildman–Crippen MR) is 76.2 cm³/mol. The van der Waals surface area contributed by atoms with Crippen LogP contribution in [0, 0.1) is 0 Å². The van der Waals surface area contributed by atoms with Gasteiger partial charge >= 0.3 is 0 Å². The lowest BCUT2D eigenvalue weighted by Gasteiger charge is -2.47. The van der Waals surface area contributed by atoms with E-state index < -0.39 is 0 Å². The molecule has 1 amide bonds. The van der Waals surface area contributed by atoms with Crippen LogP contribution in [0.4, 0.5) is 0 Å². The molecule has 0 radical (unpaired) electrons. The summed E-state index contributed by atoms with van der Waals surface area (Å²) in [7, 11) is 0. The van der Waals surface area contributed by atoms with Gasteiger partial charge in [0.05, 0.1) is 23.8 Å². The fourth-order valence-electron chi connectivity index (χ4n) is 3.68. The van der Waals surface area contributed by atoms with Crippen LogP contribution in [0.15, 0.2) is 36.8 Å². The van der Waals surface area contributed by atoms with Gasteiger partial charge in [-0.1, -0.05) is 31.2 Å². The molecule has 2 aromatic rings. The zero-order chi connectivity index (χ0) is 13.7. The Morgan fingerprint density at radius 2 is 2.25 bits per heavy atom. The maximum atomic E-state index is 11.5. The molecule has 0 atom stereocenters. The molecule has 1 aliphatic carbocycles. The Bertz CT molecular complexity index is 683. The van der Waals surface area contributed by atoms with E-state index in [1.165, 1.54) is 16.8 Å². The second-order valence-corrected chi connectivity index (χ2v) is 5.75. The summed E-state index contributed by atoms with van der Waals surface area (Å²) in [5.74, 6) is 0.141. The van der Waals surface area contributed by atoms with Crippen LogP contribution in [-0.4, -0.2) is 21.5 Å². The van der Waals surface area contributed by atoms with E-state index in [2.05, 4.69) is 39.1 Å². The van der Waals surface area contributed by atoms with Crippen molar-refractivity contribution in [3.05, 3.63) is 42.4 Å². The number of aromatic nitrogens is 2. The Morgan fingerprint density at radius 1 is 1.45 bits per heavy atom. The third-order valence-electron chi connectivity index (χ3n) is 4.66. The molecule has 4 heteroatoms. The van der Waals surface area contributed by atoms with Crippen molar-refractivity contribution in [1.82, 2.24) is 14.9 Å². The number of hydrogen-bond acceptors (Lipinski definition) is 2. The van der Waals surface area contributed by atoms with E-state index in [0.29, 0.717) is 6.42 Å². The summed E-state index contributed by atoms with van der Waals surface area (Å²) >= 11 is 0. The second kappa shape index (κ2) is 3.95. The SMILES string of the molecule is CCC(=O)NC1CC2(C1)c1ccccc1-c1cncn12. The van der Waals surface area contributed by atoms with Crippen molar-refractivity contribution in [3.8, 4) is 11.3 Å². The standard InChI is InChI=1S/C16H17N3O/c1-2-15(20)18-11-7-16(8-11)13-6-4-3-5-12(13)14-9-17-10-19(14)16/h3-6,9-11H,2,7-8H2,1H3,(H,18,20). The lowest BCUT2D eigenvalue weighted by atomic mass is 9.68. The molecule has 4 rings (SSSR count). The van der Waals surface area contributed by atoms with Crippen LogP contribution in [0.3, 0.4) is 0 Å². The average molecular weight is 267 g/mol. The van der Waals surface area contributed by atoms with E-state index in [0.717, 1.165) is 12.8 Å². The number of imidazole rings is 1. The molecule has 2 aliphatic rings. The van der Waals surface area contributed by atoms with Crippen LogP contribution in [-0.2, 0) is 10.3 Å². The van der Waals surface area contributed by atoms with Crippen LogP contribution >= 0.6 is 0 Å². The van der Waals surface area contributed by atoms with Crippen LogP contribution < -0.4 is 5.32 Å². The summed E-state index contributed by atoms with van der Waals surface area (Å²) in [6.07, 6.45) is 6.33. The van der Waals surface area contributed by atoms with Gasteiger partial charge in [-0.25, -0.2) is 4.98 Å². The van der Waals surface area contributed by atoms with Crippen LogP contribution in [0.25, 0.3) is 11.3 Å². The van der Waals surface area contributed by atoms with Gasteiger partial charge in [-0.05, 0) is 18.4 Å². The Kier molecular flexibility index (Phi) is 2.31. The number of benzene rings is 1. The lowest BCUT2D eigenvalue weighted by Crippen LogP contribution is -2.55. The van der Waals surface area contributed by atoms with E-state index in [4.69, 9.17) is 0 Å². The molecule has 1 N–H and O–H groups in total. The molecule has 1 aromatic carbocycles. The maximum absolute atomic E-state index is 11.5. The van der Waals surface area contributed by atoms with Crippen LogP contribution in [0.2, 0.25) is 0 Å². The summed E-state index contributed by atoms with van der Waals surface area (Å²) in [5.41, 5.74) is 3.86. The van der Waals surface area contributed by atoms with Gasteiger partial charge in [-0.3, -0.25) is 4.79 Å². The molecule has 0 bridgehead atoms. The van der Waals surface area contributed by atoms with Gasteiger partial charge in [0.2, 0.25) is 5.91 Å². The molecule has 1 aromatic heterocycles. The Balaban J connectivity index is 1.69. The Hall–Kier alpha value is -2.10. The maximum Gasteiger partial charge on any atom is 0.219 e. The second-order valence-electron chi connectivity index (χ2n) is 5.75. The topological polar surface area (TPSA) is 46.9 Å². The number of nitrogens with zero attached hydrogens (tertiary/aromatic N) is 2. The van der Waals surface area contributed by atoms with Gasteiger partial charge < -0.3 is 9.88 Å². The summed E-state index contributed by atoms with van der Waals surface area (Å²) in [5, 5.41) is 3.10. The first-order valence-electron chi connectivity index (χ1n) is 7.16. The van der Waals surface area contributed by atoms with Crippen molar-refractivity contribution in [2.75, 3.05) is 0 Å². The number of hydrogen-bond donors (Lipinski definition) is 1. The van der Waals surface area contributed by atoms with Crippen molar-refractivity contribution >= 4 is 5.91 Å². The molecule has 2 heterocycles. The molecular weight excluding hydrogens is 250 g/mol. The number of carbonyl (C=O) groups is 1. The van der Waals surface area contributed by atoms with Gasteiger partial charge in [-0.2, -0.15) is 0 Å². The largest absolute Gasteiger partial charge is 0.353 e. The Morgan fingerprint density at radius 3 is 3.05 bits per heavy atom. The number of fused-ring (bicyclic) bond motifs is 5. The normalized spacial score (nSPS) is 25.9.